The normalized spacial score (nSPS) is 17.1. The molecule has 1 aliphatic rings. The molecule has 1 N–H and O–H groups in total. The molecule has 1 aromatic carbocycles. The van der Waals surface area contributed by atoms with E-state index in [-0.39, 0.29) is 11.8 Å². The summed E-state index contributed by atoms with van der Waals surface area (Å²) in [6.45, 7) is 1.54. The third-order valence-electron chi connectivity index (χ3n) is 4.41. The van der Waals surface area contributed by atoms with E-state index in [4.69, 9.17) is 0 Å². The molecule has 132 valence electrons. The van der Waals surface area contributed by atoms with E-state index in [2.05, 4.69) is 35.7 Å². The van der Waals surface area contributed by atoms with E-state index in [1.54, 1.807) is 23.3 Å². The topological polar surface area (TPSA) is 102 Å². The van der Waals surface area contributed by atoms with Crippen LogP contribution in [-0.2, 0) is 4.79 Å². The van der Waals surface area contributed by atoms with Gasteiger partial charge in [0.05, 0.1) is 17.8 Å². The van der Waals surface area contributed by atoms with E-state index in [9.17, 15) is 4.79 Å². The molecule has 4 rings (SSSR count). The summed E-state index contributed by atoms with van der Waals surface area (Å²) < 4.78 is 1.56. The average molecular weight is 350 g/mol. The molecule has 0 unspecified atom stereocenters. The zero-order valence-corrected chi connectivity index (χ0v) is 14.1. The molecule has 0 saturated carbocycles. The summed E-state index contributed by atoms with van der Waals surface area (Å²) in [6, 6.07) is 7.41. The van der Waals surface area contributed by atoms with Crippen LogP contribution in [0.25, 0.3) is 5.69 Å². The largest absolute Gasteiger partial charge is 0.355 e. The first-order valence-electron chi connectivity index (χ1n) is 8.45. The maximum absolute atomic E-state index is 12.6. The molecule has 0 bridgehead atoms. The molecular weight excluding hydrogens is 332 g/mol. The fourth-order valence-electron chi connectivity index (χ4n) is 3.08. The minimum Gasteiger partial charge on any atom is -0.355 e. The Labute approximate surface area is 150 Å². The Kier molecular flexibility index (Phi) is 4.50. The van der Waals surface area contributed by atoms with E-state index in [1.807, 2.05) is 24.3 Å². The van der Waals surface area contributed by atoms with Crippen molar-refractivity contribution in [3.8, 4) is 5.69 Å². The monoisotopic (exact) mass is 350 g/mol. The minimum absolute atomic E-state index is 0.0220. The third-order valence-corrected chi connectivity index (χ3v) is 4.41. The Morgan fingerprint density at radius 2 is 2.08 bits per heavy atom. The maximum atomic E-state index is 12.6. The molecule has 9 heteroatoms. The number of rotatable bonds is 4. The number of nitrogens with zero attached hydrogens (tertiary/aromatic N) is 7. The summed E-state index contributed by atoms with van der Waals surface area (Å²) in [6.07, 6.45) is 8.40. The van der Waals surface area contributed by atoms with Crippen LogP contribution in [0.4, 0.5) is 11.5 Å². The van der Waals surface area contributed by atoms with Crippen molar-refractivity contribution in [2.75, 3.05) is 23.3 Å². The predicted molar refractivity (Wildman–Crippen MR) is 94.8 cm³/mol. The fraction of sp³-hybridized carbons (Fsp3) is 0.294. The number of anilines is 2. The van der Waals surface area contributed by atoms with Crippen molar-refractivity contribution in [2.24, 2.45) is 5.92 Å². The van der Waals surface area contributed by atoms with Gasteiger partial charge in [0.2, 0.25) is 5.91 Å². The van der Waals surface area contributed by atoms with Gasteiger partial charge in [-0.15, -0.1) is 5.10 Å². The van der Waals surface area contributed by atoms with Gasteiger partial charge in [-0.25, -0.2) is 9.67 Å². The van der Waals surface area contributed by atoms with Gasteiger partial charge in [-0.3, -0.25) is 9.78 Å². The number of benzene rings is 1. The molecule has 26 heavy (non-hydrogen) atoms. The van der Waals surface area contributed by atoms with Gasteiger partial charge in [0.25, 0.3) is 0 Å². The van der Waals surface area contributed by atoms with Crippen LogP contribution < -0.4 is 10.2 Å². The van der Waals surface area contributed by atoms with Gasteiger partial charge in [0, 0.05) is 31.2 Å². The smallest absolute Gasteiger partial charge is 0.229 e. The van der Waals surface area contributed by atoms with E-state index in [1.165, 1.54) is 6.33 Å². The summed E-state index contributed by atoms with van der Waals surface area (Å²) in [7, 11) is 0. The van der Waals surface area contributed by atoms with Gasteiger partial charge in [0.1, 0.15) is 12.1 Å². The molecular formula is C17H18N8O. The molecule has 0 spiro atoms. The van der Waals surface area contributed by atoms with Crippen molar-refractivity contribution < 1.29 is 4.79 Å². The molecule has 3 heterocycles. The van der Waals surface area contributed by atoms with Crippen LogP contribution in [0.5, 0.6) is 0 Å². The number of hydrogen-bond donors (Lipinski definition) is 1. The molecule has 1 amide bonds. The van der Waals surface area contributed by atoms with Gasteiger partial charge < -0.3 is 10.2 Å². The van der Waals surface area contributed by atoms with Crippen LogP contribution in [0.1, 0.15) is 12.8 Å². The van der Waals surface area contributed by atoms with Crippen molar-refractivity contribution in [3.05, 3.63) is 49.2 Å². The second kappa shape index (κ2) is 7.26. The lowest BCUT2D eigenvalue weighted by Gasteiger charge is -2.32. The van der Waals surface area contributed by atoms with Crippen LogP contribution in [-0.4, -0.2) is 49.2 Å². The maximum Gasteiger partial charge on any atom is 0.229 e. The molecule has 0 radical (unpaired) electrons. The summed E-state index contributed by atoms with van der Waals surface area (Å²) in [5.74, 6) is 0.759. The number of carbonyl (C=O) groups is 1. The Balaban J connectivity index is 1.40. The molecule has 1 fully saturated rings. The number of aromatic nitrogens is 6. The Hall–Kier alpha value is -3.36. The van der Waals surface area contributed by atoms with Crippen molar-refractivity contribution >= 4 is 17.4 Å². The number of hydrogen-bond acceptors (Lipinski definition) is 7. The second-order valence-corrected chi connectivity index (χ2v) is 6.14. The first-order valence-corrected chi connectivity index (χ1v) is 8.45. The first-order chi connectivity index (χ1) is 12.8. The first kappa shape index (κ1) is 16.1. The Morgan fingerprint density at radius 1 is 1.19 bits per heavy atom. The van der Waals surface area contributed by atoms with Crippen LogP contribution in [0.3, 0.4) is 0 Å². The highest BCUT2D eigenvalue weighted by Gasteiger charge is 2.26. The lowest BCUT2D eigenvalue weighted by atomic mass is 9.97. The fourth-order valence-corrected chi connectivity index (χ4v) is 3.08. The van der Waals surface area contributed by atoms with Crippen LogP contribution >= 0.6 is 0 Å². The number of tetrazole rings is 1. The van der Waals surface area contributed by atoms with Crippen molar-refractivity contribution in [1.29, 1.82) is 0 Å². The van der Waals surface area contributed by atoms with E-state index < -0.39 is 0 Å². The lowest BCUT2D eigenvalue weighted by molar-refractivity contribution is -0.120. The van der Waals surface area contributed by atoms with Crippen LogP contribution in [0.15, 0.2) is 49.2 Å². The summed E-state index contributed by atoms with van der Waals surface area (Å²) >= 11 is 0. The number of amides is 1. The lowest BCUT2D eigenvalue weighted by Crippen LogP contribution is -2.41. The van der Waals surface area contributed by atoms with Gasteiger partial charge in [0.15, 0.2) is 0 Å². The molecule has 9 nitrogen and oxygen atoms in total. The summed E-state index contributed by atoms with van der Waals surface area (Å²) in [5.41, 5.74) is 1.59. The Morgan fingerprint density at radius 3 is 2.81 bits per heavy atom. The van der Waals surface area contributed by atoms with E-state index >= 15 is 0 Å². The second-order valence-electron chi connectivity index (χ2n) is 6.14. The van der Waals surface area contributed by atoms with E-state index in [0.717, 1.165) is 36.6 Å². The highest BCUT2D eigenvalue weighted by atomic mass is 16.1. The molecule has 0 aliphatic carbocycles. The SMILES string of the molecule is O=C(Nc1ccc(-n2cnnn2)cc1)[C@@H]1CCCN(c2cnccn2)C1. The number of carbonyl (C=O) groups excluding carboxylic acids is 1. The molecule has 3 aromatic rings. The molecule has 2 aromatic heterocycles. The van der Waals surface area contributed by atoms with Crippen molar-refractivity contribution in [1.82, 2.24) is 30.2 Å². The molecule has 1 atom stereocenters. The van der Waals surface area contributed by atoms with Gasteiger partial charge >= 0.3 is 0 Å². The highest BCUT2D eigenvalue weighted by Crippen LogP contribution is 2.22. The predicted octanol–water partition coefficient (Wildman–Crippen LogP) is 1.31. The van der Waals surface area contributed by atoms with Gasteiger partial charge in [-0.05, 0) is 47.5 Å². The molecule has 1 aliphatic heterocycles. The van der Waals surface area contributed by atoms with Gasteiger partial charge in [-0.1, -0.05) is 0 Å². The summed E-state index contributed by atoms with van der Waals surface area (Å²) in [4.78, 5) is 23.2. The highest BCUT2D eigenvalue weighted by molar-refractivity contribution is 5.93. The average Bonchev–Trinajstić information content (AvgIpc) is 3.24. The van der Waals surface area contributed by atoms with Crippen LogP contribution in [0.2, 0.25) is 0 Å². The standard InChI is InChI=1S/C17H18N8O/c26-17(13-2-1-9-24(11-13)16-10-18-7-8-19-16)21-14-3-5-15(6-4-14)25-12-20-22-23-25/h3-8,10,12-13H,1-2,9,11H2,(H,21,26)/t13-/m1/s1. The summed E-state index contributed by atoms with van der Waals surface area (Å²) in [5, 5.41) is 14.1. The van der Waals surface area contributed by atoms with Crippen LogP contribution in [0, 0.1) is 5.92 Å². The van der Waals surface area contributed by atoms with Crippen molar-refractivity contribution in [2.45, 2.75) is 12.8 Å². The van der Waals surface area contributed by atoms with E-state index in [0.29, 0.717) is 6.54 Å². The molecule has 1 saturated heterocycles. The van der Waals surface area contributed by atoms with Gasteiger partial charge in [-0.2, -0.15) is 0 Å². The third kappa shape index (κ3) is 3.51. The zero-order valence-electron chi connectivity index (χ0n) is 14.1. The zero-order chi connectivity index (χ0) is 17.8. The number of piperidine rings is 1. The minimum atomic E-state index is -0.0788. The quantitative estimate of drug-likeness (QED) is 0.757. The number of nitrogens with one attached hydrogen (secondary N) is 1. The van der Waals surface area contributed by atoms with Crippen molar-refractivity contribution in [3.63, 3.8) is 0 Å². The Bertz CT molecular complexity index is 850.